The fourth-order valence-corrected chi connectivity index (χ4v) is 6.09. The van der Waals surface area contributed by atoms with E-state index in [9.17, 15) is 19.5 Å². The molecule has 4 aromatic rings. The molecule has 3 aromatic heterocycles. The van der Waals surface area contributed by atoms with Crippen LogP contribution < -0.4 is 31.0 Å². The van der Waals surface area contributed by atoms with Crippen LogP contribution in [0, 0.1) is 5.92 Å². The predicted molar refractivity (Wildman–Crippen MR) is 160 cm³/mol. The summed E-state index contributed by atoms with van der Waals surface area (Å²) in [5, 5.41) is 14.0. The molecule has 6 heterocycles. The smallest absolute Gasteiger partial charge is 0.263 e. The maximum atomic E-state index is 13.9. The summed E-state index contributed by atoms with van der Waals surface area (Å²) in [6.45, 7) is 4.58. The summed E-state index contributed by atoms with van der Waals surface area (Å²) in [4.78, 5) is 50.9. The van der Waals surface area contributed by atoms with Gasteiger partial charge in [0.25, 0.3) is 11.5 Å². The number of rotatable bonds is 6. The van der Waals surface area contributed by atoms with E-state index in [1.165, 1.54) is 12.3 Å². The number of nitrogens with two attached hydrogens (primary N) is 1. The number of halogens is 1. The molecule has 1 aromatic carbocycles. The van der Waals surface area contributed by atoms with Crippen LogP contribution in [0.2, 0.25) is 5.02 Å². The van der Waals surface area contributed by atoms with Gasteiger partial charge < -0.3 is 39.8 Å². The number of phenols is 1. The Kier molecular flexibility index (Phi) is 6.81. The monoisotopic (exact) mass is 621 g/mol. The molecule has 0 saturated carbocycles. The van der Waals surface area contributed by atoms with E-state index in [-0.39, 0.29) is 57.9 Å². The van der Waals surface area contributed by atoms with Gasteiger partial charge in [0.1, 0.15) is 23.8 Å². The number of aromatic nitrogens is 4. The maximum absolute atomic E-state index is 13.9. The number of anilines is 2. The molecule has 15 heteroatoms. The van der Waals surface area contributed by atoms with Crippen molar-refractivity contribution in [3.63, 3.8) is 0 Å². The van der Waals surface area contributed by atoms with Gasteiger partial charge in [0.05, 0.1) is 41.1 Å². The minimum absolute atomic E-state index is 0.0545. The lowest BCUT2D eigenvalue weighted by molar-refractivity contribution is -0.116. The Hall–Kier alpha value is -4.82. The second kappa shape index (κ2) is 10.7. The summed E-state index contributed by atoms with van der Waals surface area (Å²) in [6, 6.07) is 3.07. The zero-order chi connectivity index (χ0) is 30.7. The lowest BCUT2D eigenvalue weighted by Crippen LogP contribution is -2.36. The largest absolute Gasteiger partial charge is 0.504 e. The van der Waals surface area contributed by atoms with E-state index in [1.807, 2.05) is 11.8 Å². The Bertz CT molecular complexity index is 1910. The number of nitrogens with one attached hydrogen (secondary N) is 1. The zero-order valence-corrected chi connectivity index (χ0v) is 24.4. The second-order valence-electron chi connectivity index (χ2n) is 11.0. The van der Waals surface area contributed by atoms with Crippen LogP contribution >= 0.6 is 11.6 Å². The van der Waals surface area contributed by atoms with Crippen molar-refractivity contribution < 1.29 is 28.9 Å². The Morgan fingerprint density at radius 3 is 2.73 bits per heavy atom. The van der Waals surface area contributed by atoms with E-state index in [0.29, 0.717) is 67.7 Å². The average Bonchev–Trinajstić information content (AvgIpc) is 3.73. The van der Waals surface area contributed by atoms with Crippen LogP contribution in [0.25, 0.3) is 22.2 Å². The standard InChI is InChI=1S/C29H28ClN7O7/c1-14-6-21-34-28-23(29(41)37(21)10-14)17(15-7-16(27(31)40)24(39)26-25(15)43-13-44-26)11-36(28)12-22(38)33-19-8-20(32-9-18(19)30)35-2-4-42-5-3-35/h7-9,11,14,39H,2-6,10,12-13H2,1H3,(H2,31,40)(H,32,33,38). The van der Waals surface area contributed by atoms with Crippen LogP contribution in [0.4, 0.5) is 11.5 Å². The zero-order valence-electron chi connectivity index (χ0n) is 23.6. The summed E-state index contributed by atoms with van der Waals surface area (Å²) < 4.78 is 19.7. The fourth-order valence-electron chi connectivity index (χ4n) is 5.94. The van der Waals surface area contributed by atoms with Crippen LogP contribution in [0.3, 0.4) is 0 Å². The van der Waals surface area contributed by atoms with Crippen LogP contribution in [0.1, 0.15) is 23.1 Å². The van der Waals surface area contributed by atoms with Gasteiger partial charge >= 0.3 is 0 Å². The summed E-state index contributed by atoms with van der Waals surface area (Å²) in [7, 11) is 0. The summed E-state index contributed by atoms with van der Waals surface area (Å²) >= 11 is 6.40. The number of carbonyl (C=O) groups excluding carboxylic acids is 2. The van der Waals surface area contributed by atoms with Crippen molar-refractivity contribution in [3.05, 3.63) is 51.3 Å². The number of nitrogens with zero attached hydrogens (tertiary/aromatic N) is 5. The molecule has 1 atom stereocenters. The molecule has 0 radical (unpaired) electrons. The van der Waals surface area contributed by atoms with Crippen molar-refractivity contribution in [3.8, 4) is 28.4 Å². The molecule has 0 aliphatic carbocycles. The second-order valence-corrected chi connectivity index (χ2v) is 11.4. The lowest BCUT2D eigenvalue weighted by atomic mass is 10.00. The van der Waals surface area contributed by atoms with Gasteiger partial charge in [0.15, 0.2) is 11.5 Å². The molecule has 1 unspecified atom stereocenters. The number of aromatic hydroxyl groups is 1. The summed E-state index contributed by atoms with van der Waals surface area (Å²) in [5.41, 5.74) is 6.38. The highest BCUT2D eigenvalue weighted by atomic mass is 35.5. The molecule has 228 valence electrons. The number of amides is 2. The number of ether oxygens (including phenoxy) is 3. The fraction of sp³-hybridized carbons (Fsp3) is 0.345. The highest BCUT2D eigenvalue weighted by Gasteiger charge is 2.32. The highest BCUT2D eigenvalue weighted by molar-refractivity contribution is 6.33. The third-order valence-electron chi connectivity index (χ3n) is 8.02. The third kappa shape index (κ3) is 4.66. The molecule has 7 rings (SSSR count). The van der Waals surface area contributed by atoms with Crippen LogP contribution in [-0.2, 0) is 29.0 Å². The Morgan fingerprint density at radius 1 is 1.18 bits per heavy atom. The molecule has 1 saturated heterocycles. The topological polar surface area (TPSA) is 176 Å². The number of morpholine rings is 1. The van der Waals surface area contributed by atoms with Crippen LogP contribution in [0.5, 0.6) is 17.2 Å². The van der Waals surface area contributed by atoms with Gasteiger partial charge in [-0.3, -0.25) is 19.0 Å². The molecule has 3 aliphatic heterocycles. The van der Waals surface area contributed by atoms with Crippen LogP contribution in [-0.4, -0.2) is 69.1 Å². The van der Waals surface area contributed by atoms with Gasteiger partial charge in [-0.2, -0.15) is 0 Å². The minimum atomic E-state index is -0.889. The molecule has 44 heavy (non-hydrogen) atoms. The van der Waals surface area contributed by atoms with Gasteiger partial charge in [0, 0.05) is 49.4 Å². The van der Waals surface area contributed by atoms with E-state index < -0.39 is 17.6 Å². The van der Waals surface area contributed by atoms with Gasteiger partial charge in [-0.25, -0.2) is 9.97 Å². The van der Waals surface area contributed by atoms with Crippen molar-refractivity contribution in [2.45, 2.75) is 26.4 Å². The number of benzene rings is 1. The Balaban J connectivity index is 1.31. The summed E-state index contributed by atoms with van der Waals surface area (Å²) in [6.07, 6.45) is 3.69. The molecular weight excluding hydrogens is 594 g/mol. The van der Waals surface area contributed by atoms with E-state index in [2.05, 4.69) is 10.3 Å². The number of carbonyl (C=O) groups is 2. The van der Waals surface area contributed by atoms with Crippen LogP contribution in [0.15, 0.2) is 29.3 Å². The van der Waals surface area contributed by atoms with Gasteiger partial charge in [0.2, 0.25) is 18.4 Å². The predicted octanol–water partition coefficient (Wildman–Crippen LogP) is 2.11. The van der Waals surface area contributed by atoms with Gasteiger partial charge in [-0.15, -0.1) is 0 Å². The number of hydrogen-bond acceptors (Lipinski definition) is 10. The minimum Gasteiger partial charge on any atom is -0.504 e. The molecule has 2 amide bonds. The van der Waals surface area contributed by atoms with Crippen molar-refractivity contribution in [2.75, 3.05) is 43.3 Å². The molecular formula is C29H28ClN7O7. The molecule has 3 aliphatic rings. The average molecular weight is 622 g/mol. The molecule has 4 N–H and O–H groups in total. The van der Waals surface area contributed by atoms with Crippen molar-refractivity contribution in [1.82, 2.24) is 19.1 Å². The first-order valence-electron chi connectivity index (χ1n) is 14.1. The number of hydrogen-bond donors (Lipinski definition) is 3. The lowest BCUT2D eigenvalue weighted by Gasteiger charge is -2.28. The number of pyridine rings is 1. The Morgan fingerprint density at radius 2 is 1.95 bits per heavy atom. The summed E-state index contributed by atoms with van der Waals surface area (Å²) in [5.74, 6) is -0.190. The first-order chi connectivity index (χ1) is 21.2. The van der Waals surface area contributed by atoms with E-state index in [4.69, 9.17) is 36.5 Å². The van der Waals surface area contributed by atoms with E-state index in [0.717, 1.165) is 0 Å². The maximum Gasteiger partial charge on any atom is 0.263 e. The molecule has 1 fully saturated rings. The normalized spacial score (nSPS) is 17.2. The highest BCUT2D eigenvalue weighted by Crippen LogP contribution is 2.50. The van der Waals surface area contributed by atoms with Crippen molar-refractivity contribution in [1.29, 1.82) is 0 Å². The first-order valence-corrected chi connectivity index (χ1v) is 14.4. The molecule has 14 nitrogen and oxygen atoms in total. The van der Waals surface area contributed by atoms with Gasteiger partial charge in [-0.1, -0.05) is 18.5 Å². The van der Waals surface area contributed by atoms with E-state index >= 15 is 0 Å². The first kappa shape index (κ1) is 28.0. The number of fused-ring (bicyclic) bond motifs is 3. The SMILES string of the molecule is CC1Cc2nc3c(c(-c4cc(C(N)=O)c(O)c5c4OCO5)cn3CC(=O)Nc3cc(N4CCOCC4)ncc3Cl)c(=O)n2C1. The van der Waals surface area contributed by atoms with E-state index in [1.54, 1.807) is 21.4 Å². The van der Waals surface area contributed by atoms with Crippen molar-refractivity contribution in [2.24, 2.45) is 11.7 Å². The number of primary amides is 1. The quantitative estimate of drug-likeness (QED) is 0.289. The Labute approximate surface area is 254 Å². The van der Waals surface area contributed by atoms with Gasteiger partial charge in [-0.05, 0) is 12.0 Å². The van der Waals surface area contributed by atoms with Crippen molar-refractivity contribution >= 4 is 46.0 Å². The third-order valence-corrected chi connectivity index (χ3v) is 8.32. The molecule has 0 bridgehead atoms. The molecule has 0 spiro atoms.